The third-order valence-corrected chi connectivity index (χ3v) is 4.81. The Morgan fingerprint density at radius 3 is 2.73 bits per heavy atom. The van der Waals surface area contributed by atoms with Crippen LogP contribution < -0.4 is 9.47 Å². The molecule has 1 aromatic carbocycles. The Morgan fingerprint density at radius 2 is 2.00 bits per heavy atom. The molecule has 2 heterocycles. The number of fused-ring (bicyclic) bond motifs is 1. The van der Waals surface area contributed by atoms with Crippen molar-refractivity contribution in [2.45, 2.75) is 24.7 Å². The lowest BCUT2D eigenvalue weighted by atomic mass is 9.88. The van der Waals surface area contributed by atoms with Gasteiger partial charge < -0.3 is 9.47 Å². The summed E-state index contributed by atoms with van der Waals surface area (Å²) in [6, 6.07) is 9.62. The number of Topliss-reactive ketones (excluding diaryl/α,β-unsaturated/α-hetero) is 1. The van der Waals surface area contributed by atoms with Crippen molar-refractivity contribution in [1.29, 1.82) is 0 Å². The number of hydrogen-bond acceptors (Lipinski definition) is 4. The minimum absolute atomic E-state index is 0.223. The highest BCUT2D eigenvalue weighted by molar-refractivity contribution is 9.10. The van der Waals surface area contributed by atoms with Crippen LogP contribution in [0.4, 0.5) is 0 Å². The van der Waals surface area contributed by atoms with Crippen molar-refractivity contribution in [1.82, 2.24) is 4.98 Å². The van der Waals surface area contributed by atoms with E-state index < -0.39 is 0 Å². The molecule has 1 saturated carbocycles. The van der Waals surface area contributed by atoms with Crippen LogP contribution in [-0.2, 0) is 16.6 Å². The minimum Gasteiger partial charge on any atom is -0.454 e. The molecule has 2 aromatic rings. The quantitative estimate of drug-likeness (QED) is 0.839. The van der Waals surface area contributed by atoms with Gasteiger partial charge in [-0.05, 0) is 58.6 Å². The van der Waals surface area contributed by atoms with Crippen LogP contribution in [-0.4, -0.2) is 17.6 Å². The van der Waals surface area contributed by atoms with Crippen LogP contribution in [0.2, 0.25) is 0 Å². The largest absolute Gasteiger partial charge is 0.454 e. The average molecular weight is 360 g/mol. The van der Waals surface area contributed by atoms with Crippen molar-refractivity contribution in [3.8, 4) is 11.5 Å². The van der Waals surface area contributed by atoms with E-state index in [4.69, 9.17) is 9.47 Å². The number of carbonyl (C=O) groups is 1. The summed E-state index contributed by atoms with van der Waals surface area (Å²) >= 11 is 3.36. The predicted molar refractivity (Wildman–Crippen MR) is 84.1 cm³/mol. The summed E-state index contributed by atoms with van der Waals surface area (Å²) in [6.45, 7) is 0.253. The zero-order chi connectivity index (χ0) is 15.2. The third-order valence-electron chi connectivity index (χ3n) is 4.34. The lowest BCUT2D eigenvalue weighted by Crippen LogP contribution is -2.22. The summed E-state index contributed by atoms with van der Waals surface area (Å²) in [5.41, 5.74) is 1.47. The smallest absolute Gasteiger partial charge is 0.231 e. The van der Waals surface area contributed by atoms with Crippen molar-refractivity contribution in [2.75, 3.05) is 6.79 Å². The van der Waals surface area contributed by atoms with Gasteiger partial charge >= 0.3 is 0 Å². The van der Waals surface area contributed by atoms with Crippen molar-refractivity contribution < 1.29 is 14.3 Å². The van der Waals surface area contributed by atoms with Crippen LogP contribution in [0, 0.1) is 0 Å². The number of halogens is 1. The van der Waals surface area contributed by atoms with E-state index in [9.17, 15) is 4.79 Å². The molecule has 0 spiro atoms. The maximum atomic E-state index is 12.8. The number of ketones is 1. The summed E-state index contributed by atoms with van der Waals surface area (Å²) in [7, 11) is 0. The van der Waals surface area contributed by atoms with E-state index in [1.54, 1.807) is 6.20 Å². The summed E-state index contributed by atoms with van der Waals surface area (Å²) in [5, 5.41) is 0. The highest BCUT2D eigenvalue weighted by atomic mass is 79.9. The molecule has 0 N–H and O–H groups in total. The molecule has 4 rings (SSSR count). The molecule has 112 valence electrons. The molecule has 1 aliphatic heterocycles. The van der Waals surface area contributed by atoms with Gasteiger partial charge in [-0.25, -0.2) is 0 Å². The maximum absolute atomic E-state index is 12.8. The lowest BCUT2D eigenvalue weighted by molar-refractivity contribution is -0.120. The fourth-order valence-electron chi connectivity index (χ4n) is 2.89. The van der Waals surface area contributed by atoms with Crippen molar-refractivity contribution >= 4 is 21.7 Å². The molecule has 0 bridgehead atoms. The molecule has 1 aromatic heterocycles. The minimum atomic E-state index is -0.365. The average Bonchev–Trinajstić information content (AvgIpc) is 3.21. The second kappa shape index (κ2) is 5.09. The van der Waals surface area contributed by atoms with Gasteiger partial charge in [0.2, 0.25) is 6.79 Å². The fraction of sp³-hybridized carbons (Fsp3) is 0.294. The van der Waals surface area contributed by atoms with Gasteiger partial charge in [-0.2, -0.15) is 0 Å². The molecule has 0 radical (unpaired) electrons. The molecule has 0 amide bonds. The van der Waals surface area contributed by atoms with Crippen molar-refractivity contribution in [3.05, 3.63) is 52.3 Å². The Bertz CT molecular complexity index is 738. The molecule has 0 atom stereocenters. The van der Waals surface area contributed by atoms with Gasteiger partial charge in [-0.3, -0.25) is 9.78 Å². The van der Waals surface area contributed by atoms with Gasteiger partial charge in [0.15, 0.2) is 11.5 Å². The summed E-state index contributed by atoms with van der Waals surface area (Å²) in [6.07, 6.45) is 3.87. The normalized spacial score (nSPS) is 17.3. The number of hydrogen-bond donors (Lipinski definition) is 0. The van der Waals surface area contributed by atoms with Gasteiger partial charge in [-0.15, -0.1) is 0 Å². The molecule has 5 heteroatoms. The van der Waals surface area contributed by atoms with Crippen LogP contribution in [0.1, 0.15) is 24.1 Å². The van der Waals surface area contributed by atoms with E-state index in [1.165, 1.54) is 0 Å². The molecule has 0 saturated heterocycles. The molecule has 1 aliphatic carbocycles. The lowest BCUT2D eigenvalue weighted by Gasteiger charge is -2.15. The van der Waals surface area contributed by atoms with Crippen LogP contribution in [0.15, 0.2) is 41.0 Å². The first-order valence-electron chi connectivity index (χ1n) is 7.21. The van der Waals surface area contributed by atoms with Gasteiger partial charge in [0.25, 0.3) is 0 Å². The number of aromatic nitrogens is 1. The van der Waals surface area contributed by atoms with E-state index in [1.807, 2.05) is 30.3 Å². The van der Waals surface area contributed by atoms with E-state index in [2.05, 4.69) is 20.9 Å². The fourth-order valence-corrected chi connectivity index (χ4v) is 3.13. The van der Waals surface area contributed by atoms with Gasteiger partial charge in [0.05, 0.1) is 5.41 Å². The van der Waals surface area contributed by atoms with E-state index in [0.29, 0.717) is 6.42 Å². The summed E-state index contributed by atoms with van der Waals surface area (Å²) in [5.74, 6) is 1.71. The van der Waals surface area contributed by atoms with Crippen molar-refractivity contribution in [2.24, 2.45) is 0 Å². The molecular formula is C17H14BrNO3. The van der Waals surface area contributed by atoms with Gasteiger partial charge in [-0.1, -0.05) is 6.07 Å². The number of ether oxygens (including phenoxy) is 2. The number of rotatable bonds is 4. The SMILES string of the molecule is O=C(Cc1ccc(Br)cn1)C1(c2ccc3c(c2)OCO3)CC1. The van der Waals surface area contributed by atoms with Crippen LogP contribution >= 0.6 is 15.9 Å². The molecule has 2 aliphatic rings. The van der Waals surface area contributed by atoms with Gasteiger partial charge in [0, 0.05) is 22.8 Å². The first-order valence-corrected chi connectivity index (χ1v) is 8.01. The van der Waals surface area contributed by atoms with E-state index in [-0.39, 0.29) is 18.0 Å². The number of nitrogens with zero attached hydrogens (tertiary/aromatic N) is 1. The van der Waals surface area contributed by atoms with Crippen LogP contribution in [0.3, 0.4) is 0 Å². The highest BCUT2D eigenvalue weighted by Gasteiger charge is 2.50. The highest BCUT2D eigenvalue weighted by Crippen LogP contribution is 2.51. The Kier molecular flexibility index (Phi) is 3.18. The van der Waals surface area contributed by atoms with E-state index >= 15 is 0 Å². The second-order valence-electron chi connectivity index (χ2n) is 5.72. The summed E-state index contributed by atoms with van der Waals surface area (Å²) in [4.78, 5) is 17.1. The Labute approximate surface area is 136 Å². The maximum Gasteiger partial charge on any atom is 0.231 e. The molecule has 4 nitrogen and oxygen atoms in total. The second-order valence-corrected chi connectivity index (χ2v) is 6.63. The first-order chi connectivity index (χ1) is 10.7. The summed E-state index contributed by atoms with van der Waals surface area (Å²) < 4.78 is 11.7. The Morgan fingerprint density at radius 1 is 1.18 bits per heavy atom. The Hall–Kier alpha value is -1.88. The third kappa shape index (κ3) is 2.29. The zero-order valence-electron chi connectivity index (χ0n) is 11.8. The number of pyridine rings is 1. The Balaban J connectivity index is 1.58. The zero-order valence-corrected chi connectivity index (χ0v) is 13.4. The van der Waals surface area contributed by atoms with E-state index in [0.717, 1.165) is 40.1 Å². The first kappa shape index (κ1) is 13.8. The van der Waals surface area contributed by atoms with Crippen molar-refractivity contribution in [3.63, 3.8) is 0 Å². The molecular weight excluding hydrogens is 346 g/mol. The number of benzene rings is 1. The van der Waals surface area contributed by atoms with Crippen LogP contribution in [0.25, 0.3) is 0 Å². The van der Waals surface area contributed by atoms with Gasteiger partial charge in [0.1, 0.15) is 5.78 Å². The standard InChI is InChI=1S/C17H14BrNO3/c18-12-2-3-13(19-9-12)8-16(20)17(5-6-17)11-1-4-14-15(7-11)22-10-21-14/h1-4,7,9H,5-6,8,10H2. The monoisotopic (exact) mass is 359 g/mol. The molecule has 0 unspecified atom stereocenters. The molecule has 1 fully saturated rings. The van der Waals surface area contributed by atoms with Crippen LogP contribution in [0.5, 0.6) is 11.5 Å². The number of carbonyl (C=O) groups excluding carboxylic acids is 1. The molecule has 22 heavy (non-hydrogen) atoms. The topological polar surface area (TPSA) is 48.4 Å². The predicted octanol–water partition coefficient (Wildman–Crippen LogP) is 3.42.